The van der Waals surface area contributed by atoms with E-state index in [4.69, 9.17) is 10.8 Å². The highest BCUT2D eigenvalue weighted by molar-refractivity contribution is 7.16. The summed E-state index contributed by atoms with van der Waals surface area (Å²) in [5, 5.41) is 5.54. The quantitative estimate of drug-likeness (QED) is 0.604. The Hall–Kier alpha value is -2.54. The van der Waals surface area contributed by atoms with Crippen molar-refractivity contribution in [2.45, 2.75) is 27.3 Å². The largest absolute Gasteiger partial charge is 0.383 e. The van der Waals surface area contributed by atoms with Crippen LogP contribution in [-0.4, -0.2) is 24.7 Å². The van der Waals surface area contributed by atoms with E-state index in [9.17, 15) is 0 Å². The second kappa shape index (κ2) is 5.58. The van der Waals surface area contributed by atoms with Gasteiger partial charge in [0.15, 0.2) is 5.65 Å². The number of nitrogen functional groups attached to an aromatic ring is 1. The average molecular weight is 326 g/mol. The Labute approximate surface area is 138 Å². The fourth-order valence-electron chi connectivity index (χ4n) is 2.56. The van der Waals surface area contributed by atoms with Gasteiger partial charge in [-0.15, -0.1) is 11.3 Å². The molecule has 0 aliphatic heterocycles. The first-order valence-electron chi connectivity index (χ1n) is 6.97. The van der Waals surface area contributed by atoms with E-state index in [1.54, 1.807) is 11.3 Å². The lowest BCUT2D eigenvalue weighted by molar-refractivity contribution is 0.548. The molecule has 3 aromatic heterocycles. The number of hydrogen-bond acceptors (Lipinski definition) is 6. The Morgan fingerprint density at radius 3 is 2.78 bits per heavy atom. The van der Waals surface area contributed by atoms with Crippen LogP contribution in [0.1, 0.15) is 27.3 Å². The van der Waals surface area contributed by atoms with Crippen LogP contribution in [0.15, 0.2) is 30.0 Å². The van der Waals surface area contributed by atoms with Crippen LogP contribution in [0.3, 0.4) is 0 Å². The molecule has 0 aliphatic rings. The minimum atomic E-state index is 0. The lowest BCUT2D eigenvalue weighted by atomic mass is 10.1. The maximum atomic E-state index is 6.09. The maximum absolute atomic E-state index is 6.09. The lowest BCUT2D eigenvalue weighted by Gasteiger charge is -2.05. The standard InChI is InChI=1S/C15H14N6S.CH4/c1-8(2)21-15-12(14(16)17-6-18-15)13(20-21)9-3-4-10-11(5-9)22-7-19-10;/h3-8H,1-2H3,(H2,16,17,18);1H4. The van der Waals surface area contributed by atoms with E-state index >= 15 is 0 Å². The molecule has 0 radical (unpaired) electrons. The van der Waals surface area contributed by atoms with Gasteiger partial charge in [-0.1, -0.05) is 13.5 Å². The number of nitrogens with two attached hydrogens (primary N) is 1. The van der Waals surface area contributed by atoms with Gasteiger partial charge in [-0.25, -0.2) is 19.6 Å². The van der Waals surface area contributed by atoms with Crippen LogP contribution >= 0.6 is 11.3 Å². The van der Waals surface area contributed by atoms with Crippen LogP contribution < -0.4 is 5.73 Å². The van der Waals surface area contributed by atoms with Gasteiger partial charge >= 0.3 is 0 Å². The van der Waals surface area contributed by atoms with E-state index in [0.29, 0.717) is 5.82 Å². The molecule has 0 fully saturated rings. The smallest absolute Gasteiger partial charge is 0.164 e. The van der Waals surface area contributed by atoms with Crippen molar-refractivity contribution in [1.82, 2.24) is 24.7 Å². The molecule has 23 heavy (non-hydrogen) atoms. The van der Waals surface area contributed by atoms with Crippen LogP contribution in [0, 0.1) is 0 Å². The summed E-state index contributed by atoms with van der Waals surface area (Å²) in [7, 11) is 0. The van der Waals surface area contributed by atoms with Crippen molar-refractivity contribution in [3.8, 4) is 11.3 Å². The molecule has 0 amide bonds. The number of fused-ring (bicyclic) bond motifs is 2. The van der Waals surface area contributed by atoms with Gasteiger partial charge in [0.1, 0.15) is 17.8 Å². The van der Waals surface area contributed by atoms with Crippen LogP contribution in [0.4, 0.5) is 5.82 Å². The Balaban J connectivity index is 0.00000156. The van der Waals surface area contributed by atoms with Crippen molar-refractivity contribution in [2.75, 3.05) is 5.73 Å². The number of anilines is 1. The van der Waals surface area contributed by atoms with Gasteiger partial charge in [0.25, 0.3) is 0 Å². The second-order valence-electron chi connectivity index (χ2n) is 5.38. The van der Waals surface area contributed by atoms with Gasteiger partial charge in [0.05, 0.1) is 21.1 Å². The molecular formula is C16H18N6S. The summed E-state index contributed by atoms with van der Waals surface area (Å²) in [6.45, 7) is 4.14. The molecule has 118 valence electrons. The molecule has 0 saturated carbocycles. The third-order valence-electron chi connectivity index (χ3n) is 3.61. The topological polar surface area (TPSA) is 82.5 Å². The van der Waals surface area contributed by atoms with Gasteiger partial charge in [-0.2, -0.15) is 5.10 Å². The van der Waals surface area contributed by atoms with E-state index in [1.165, 1.54) is 6.33 Å². The average Bonchev–Trinajstić information content (AvgIpc) is 3.11. The van der Waals surface area contributed by atoms with Crippen LogP contribution in [-0.2, 0) is 0 Å². The predicted molar refractivity (Wildman–Crippen MR) is 95.5 cm³/mol. The Bertz CT molecular complexity index is 985. The molecule has 1 aromatic carbocycles. The van der Waals surface area contributed by atoms with Crippen molar-refractivity contribution in [1.29, 1.82) is 0 Å². The number of hydrogen-bond donors (Lipinski definition) is 1. The lowest BCUT2D eigenvalue weighted by Crippen LogP contribution is -2.04. The third-order valence-corrected chi connectivity index (χ3v) is 4.40. The number of aromatic nitrogens is 5. The molecule has 0 bridgehead atoms. The van der Waals surface area contributed by atoms with E-state index < -0.39 is 0 Å². The molecule has 0 aliphatic carbocycles. The molecule has 3 heterocycles. The fourth-order valence-corrected chi connectivity index (χ4v) is 3.28. The summed E-state index contributed by atoms with van der Waals surface area (Å²) in [4.78, 5) is 12.8. The summed E-state index contributed by atoms with van der Waals surface area (Å²) in [6.07, 6.45) is 1.48. The summed E-state index contributed by atoms with van der Waals surface area (Å²) >= 11 is 1.61. The Morgan fingerprint density at radius 2 is 2.00 bits per heavy atom. The number of benzene rings is 1. The first kappa shape index (κ1) is 15.4. The number of nitrogens with zero attached hydrogens (tertiary/aromatic N) is 5. The molecule has 0 saturated heterocycles. The first-order valence-corrected chi connectivity index (χ1v) is 7.85. The SMILES string of the molecule is C.CC(C)n1nc(-c2ccc3ncsc3c2)c2c(N)ncnc21. The zero-order valence-corrected chi connectivity index (χ0v) is 13.0. The fraction of sp³-hybridized carbons (Fsp3) is 0.250. The zero-order chi connectivity index (χ0) is 15.3. The summed E-state index contributed by atoms with van der Waals surface area (Å²) in [5.41, 5.74) is 11.5. The minimum Gasteiger partial charge on any atom is -0.383 e. The first-order chi connectivity index (χ1) is 10.6. The van der Waals surface area contributed by atoms with Crippen molar-refractivity contribution >= 4 is 38.4 Å². The van der Waals surface area contributed by atoms with E-state index in [1.807, 2.05) is 22.3 Å². The van der Waals surface area contributed by atoms with E-state index in [0.717, 1.165) is 32.5 Å². The van der Waals surface area contributed by atoms with Crippen molar-refractivity contribution in [3.05, 3.63) is 30.0 Å². The van der Waals surface area contributed by atoms with Crippen LogP contribution in [0.5, 0.6) is 0 Å². The Kier molecular flexibility index (Phi) is 3.73. The van der Waals surface area contributed by atoms with Crippen molar-refractivity contribution in [3.63, 3.8) is 0 Å². The van der Waals surface area contributed by atoms with Crippen LogP contribution in [0.2, 0.25) is 0 Å². The molecule has 0 unspecified atom stereocenters. The minimum absolute atomic E-state index is 0. The van der Waals surface area contributed by atoms with Crippen LogP contribution in [0.25, 0.3) is 32.5 Å². The zero-order valence-electron chi connectivity index (χ0n) is 12.2. The highest BCUT2D eigenvalue weighted by atomic mass is 32.1. The summed E-state index contributed by atoms with van der Waals surface area (Å²) < 4.78 is 3.01. The van der Waals surface area contributed by atoms with Crippen molar-refractivity contribution < 1.29 is 0 Å². The molecular weight excluding hydrogens is 308 g/mol. The molecule has 6 nitrogen and oxygen atoms in total. The highest BCUT2D eigenvalue weighted by Crippen LogP contribution is 2.33. The normalized spacial score (nSPS) is 11.3. The molecule has 0 atom stereocenters. The third kappa shape index (κ3) is 2.33. The maximum Gasteiger partial charge on any atom is 0.164 e. The van der Waals surface area contributed by atoms with Crippen molar-refractivity contribution in [2.24, 2.45) is 0 Å². The van der Waals surface area contributed by atoms with E-state index in [2.05, 4.69) is 34.9 Å². The Morgan fingerprint density at radius 1 is 1.17 bits per heavy atom. The number of thiazole rings is 1. The van der Waals surface area contributed by atoms with Gasteiger partial charge in [-0.05, 0) is 26.0 Å². The van der Waals surface area contributed by atoms with E-state index in [-0.39, 0.29) is 13.5 Å². The molecule has 4 rings (SSSR count). The second-order valence-corrected chi connectivity index (χ2v) is 6.27. The summed E-state index contributed by atoms with van der Waals surface area (Å²) in [6, 6.07) is 6.30. The predicted octanol–water partition coefficient (Wildman–Crippen LogP) is 3.90. The van der Waals surface area contributed by atoms with Gasteiger partial charge in [-0.3, -0.25) is 0 Å². The van der Waals surface area contributed by atoms with Gasteiger partial charge in [0.2, 0.25) is 0 Å². The molecule has 2 N–H and O–H groups in total. The molecule has 7 heteroatoms. The highest BCUT2D eigenvalue weighted by Gasteiger charge is 2.18. The van der Waals surface area contributed by atoms with Gasteiger partial charge < -0.3 is 5.73 Å². The molecule has 4 aromatic rings. The number of rotatable bonds is 2. The van der Waals surface area contributed by atoms with Gasteiger partial charge in [0, 0.05) is 11.6 Å². The molecule has 0 spiro atoms. The monoisotopic (exact) mass is 326 g/mol. The summed E-state index contributed by atoms with van der Waals surface area (Å²) in [5.74, 6) is 0.455.